The molecule has 0 heterocycles. The van der Waals surface area contributed by atoms with Gasteiger partial charge in [-0.2, -0.15) is 12.6 Å². The fraction of sp³-hybridized carbons (Fsp3) is 0.250. The quantitative estimate of drug-likeness (QED) is 0.574. The van der Waals surface area contributed by atoms with Gasteiger partial charge >= 0.3 is 0 Å². The topological polar surface area (TPSA) is 29.1 Å². The molecule has 15 heavy (non-hydrogen) atoms. The molecule has 0 aliphatic heterocycles. The minimum atomic E-state index is -0.0617. The molecule has 0 saturated carbocycles. The first-order valence-electron chi connectivity index (χ1n) is 4.65. The Morgan fingerprint density at radius 3 is 3.00 bits per heavy atom. The summed E-state index contributed by atoms with van der Waals surface area (Å²) in [6, 6.07) is 7.89. The van der Waals surface area contributed by atoms with E-state index in [1.165, 1.54) is 6.92 Å². The van der Waals surface area contributed by atoms with Crippen molar-refractivity contribution >= 4 is 18.5 Å². The Balaban J connectivity index is 2.59. The summed E-state index contributed by atoms with van der Waals surface area (Å²) in [5.41, 5.74) is 2.09. The van der Waals surface area contributed by atoms with Crippen LogP contribution in [0.1, 0.15) is 18.1 Å². The highest BCUT2D eigenvalue weighted by Gasteiger charge is 1.90. The molecular formula is C12H13NOS. The number of hydrogen-bond donors (Lipinski definition) is 2. The van der Waals surface area contributed by atoms with Crippen LogP contribution in [0.2, 0.25) is 0 Å². The van der Waals surface area contributed by atoms with Crippen LogP contribution in [-0.4, -0.2) is 12.5 Å². The predicted molar refractivity (Wildman–Crippen MR) is 64.7 cm³/mol. The van der Waals surface area contributed by atoms with Crippen LogP contribution in [0.3, 0.4) is 0 Å². The molecule has 0 fully saturated rings. The highest BCUT2D eigenvalue weighted by Crippen LogP contribution is 2.05. The number of carbonyl (C=O) groups is 1. The van der Waals surface area contributed by atoms with E-state index >= 15 is 0 Å². The first-order valence-corrected chi connectivity index (χ1v) is 5.28. The average molecular weight is 219 g/mol. The SMILES string of the molecule is CC(=O)NCC#Cc1cccc(CS)c1. The second kappa shape index (κ2) is 6.15. The van der Waals surface area contributed by atoms with Gasteiger partial charge in [0.15, 0.2) is 0 Å². The molecule has 0 aromatic heterocycles. The molecule has 1 amide bonds. The van der Waals surface area contributed by atoms with E-state index in [0.717, 1.165) is 11.1 Å². The summed E-state index contributed by atoms with van der Waals surface area (Å²) in [5, 5.41) is 2.62. The van der Waals surface area contributed by atoms with Crippen molar-refractivity contribution in [2.75, 3.05) is 6.54 Å². The molecule has 0 spiro atoms. The van der Waals surface area contributed by atoms with E-state index in [2.05, 4.69) is 29.8 Å². The van der Waals surface area contributed by atoms with E-state index < -0.39 is 0 Å². The van der Waals surface area contributed by atoms with Crippen molar-refractivity contribution in [2.24, 2.45) is 0 Å². The summed E-state index contributed by atoms with van der Waals surface area (Å²) in [4.78, 5) is 10.6. The summed E-state index contributed by atoms with van der Waals surface area (Å²) < 4.78 is 0. The lowest BCUT2D eigenvalue weighted by atomic mass is 10.1. The lowest BCUT2D eigenvalue weighted by Gasteiger charge is -1.96. The number of thiol groups is 1. The van der Waals surface area contributed by atoms with Crippen molar-refractivity contribution in [2.45, 2.75) is 12.7 Å². The third kappa shape index (κ3) is 4.57. The fourth-order valence-electron chi connectivity index (χ4n) is 1.06. The number of rotatable bonds is 2. The van der Waals surface area contributed by atoms with Crippen molar-refractivity contribution < 1.29 is 4.79 Å². The van der Waals surface area contributed by atoms with Gasteiger partial charge in [0.1, 0.15) is 0 Å². The molecule has 3 heteroatoms. The molecule has 0 bridgehead atoms. The second-order valence-corrected chi connectivity index (χ2v) is 3.39. The van der Waals surface area contributed by atoms with Gasteiger partial charge in [0.05, 0.1) is 6.54 Å². The Morgan fingerprint density at radius 1 is 1.53 bits per heavy atom. The number of amides is 1. The van der Waals surface area contributed by atoms with Gasteiger partial charge in [-0.1, -0.05) is 24.0 Å². The molecule has 0 aliphatic rings. The first kappa shape index (κ1) is 11.7. The summed E-state index contributed by atoms with van der Waals surface area (Å²) >= 11 is 4.19. The van der Waals surface area contributed by atoms with Crippen LogP contribution >= 0.6 is 12.6 Å². The third-order valence-electron chi connectivity index (χ3n) is 1.77. The Bertz CT molecular complexity index is 404. The largest absolute Gasteiger partial charge is 0.345 e. The maximum absolute atomic E-state index is 10.6. The van der Waals surface area contributed by atoms with Gasteiger partial charge in [-0.05, 0) is 17.7 Å². The molecular weight excluding hydrogens is 206 g/mol. The molecule has 1 rings (SSSR count). The molecule has 0 saturated heterocycles. The maximum Gasteiger partial charge on any atom is 0.217 e. The molecule has 0 unspecified atom stereocenters. The zero-order valence-corrected chi connectivity index (χ0v) is 9.47. The molecule has 1 aromatic rings. The van der Waals surface area contributed by atoms with Crippen LogP contribution < -0.4 is 5.32 Å². The molecule has 2 nitrogen and oxygen atoms in total. The monoisotopic (exact) mass is 219 g/mol. The predicted octanol–water partition coefficient (Wildman–Crippen LogP) is 1.60. The minimum Gasteiger partial charge on any atom is -0.345 e. The van der Waals surface area contributed by atoms with Crippen LogP contribution in [0.4, 0.5) is 0 Å². The van der Waals surface area contributed by atoms with E-state index in [1.54, 1.807) is 0 Å². The Kier molecular flexibility index (Phi) is 4.79. The maximum atomic E-state index is 10.6. The minimum absolute atomic E-state index is 0.0617. The summed E-state index contributed by atoms with van der Waals surface area (Å²) in [7, 11) is 0. The Morgan fingerprint density at radius 2 is 2.33 bits per heavy atom. The summed E-state index contributed by atoms with van der Waals surface area (Å²) in [6.07, 6.45) is 0. The standard InChI is InChI=1S/C12H13NOS/c1-10(14)13-7-3-6-11-4-2-5-12(8-11)9-15/h2,4-5,8,15H,7,9H2,1H3,(H,13,14). The number of hydrogen-bond acceptors (Lipinski definition) is 2. The van der Waals surface area contributed by atoms with E-state index in [9.17, 15) is 4.79 Å². The second-order valence-electron chi connectivity index (χ2n) is 3.07. The number of carbonyl (C=O) groups excluding carboxylic acids is 1. The third-order valence-corrected chi connectivity index (χ3v) is 2.13. The van der Waals surface area contributed by atoms with Gasteiger partial charge in [-0.15, -0.1) is 0 Å². The lowest BCUT2D eigenvalue weighted by Crippen LogP contribution is -2.19. The van der Waals surface area contributed by atoms with Gasteiger partial charge in [-0.3, -0.25) is 4.79 Å². The van der Waals surface area contributed by atoms with E-state index in [1.807, 2.05) is 24.3 Å². The van der Waals surface area contributed by atoms with Crippen LogP contribution in [0, 0.1) is 11.8 Å². The first-order chi connectivity index (χ1) is 7.22. The molecule has 1 aromatic carbocycles. The number of nitrogens with one attached hydrogen (secondary N) is 1. The summed E-state index contributed by atoms with van der Waals surface area (Å²) in [6.45, 7) is 1.86. The Labute approximate surface area is 95.5 Å². The van der Waals surface area contributed by atoms with Gasteiger partial charge < -0.3 is 5.32 Å². The van der Waals surface area contributed by atoms with Crippen molar-refractivity contribution in [3.05, 3.63) is 35.4 Å². The fourth-order valence-corrected chi connectivity index (χ4v) is 1.26. The molecule has 0 radical (unpaired) electrons. The van der Waals surface area contributed by atoms with Crippen LogP contribution in [0.25, 0.3) is 0 Å². The van der Waals surface area contributed by atoms with Gasteiger partial charge in [-0.25, -0.2) is 0 Å². The van der Waals surface area contributed by atoms with Crippen molar-refractivity contribution in [3.63, 3.8) is 0 Å². The van der Waals surface area contributed by atoms with E-state index in [0.29, 0.717) is 12.3 Å². The zero-order chi connectivity index (χ0) is 11.1. The number of benzene rings is 1. The van der Waals surface area contributed by atoms with Crippen molar-refractivity contribution in [3.8, 4) is 11.8 Å². The molecule has 78 valence electrons. The zero-order valence-electron chi connectivity index (χ0n) is 8.58. The normalized spacial score (nSPS) is 8.93. The summed E-state index contributed by atoms with van der Waals surface area (Å²) in [5.74, 6) is 6.50. The van der Waals surface area contributed by atoms with Gasteiger partial charge in [0.25, 0.3) is 0 Å². The Hall–Kier alpha value is -1.40. The van der Waals surface area contributed by atoms with E-state index in [-0.39, 0.29) is 5.91 Å². The van der Waals surface area contributed by atoms with Gasteiger partial charge in [0, 0.05) is 18.2 Å². The van der Waals surface area contributed by atoms with Crippen LogP contribution in [0.5, 0.6) is 0 Å². The molecule has 1 N–H and O–H groups in total. The van der Waals surface area contributed by atoms with Crippen LogP contribution in [-0.2, 0) is 10.5 Å². The lowest BCUT2D eigenvalue weighted by molar-refractivity contribution is -0.118. The molecule has 0 atom stereocenters. The highest BCUT2D eigenvalue weighted by atomic mass is 32.1. The van der Waals surface area contributed by atoms with Crippen molar-refractivity contribution in [1.82, 2.24) is 5.32 Å². The van der Waals surface area contributed by atoms with Gasteiger partial charge in [0.2, 0.25) is 5.91 Å². The molecule has 0 aliphatic carbocycles. The van der Waals surface area contributed by atoms with E-state index in [4.69, 9.17) is 0 Å². The average Bonchev–Trinajstić information content (AvgIpc) is 2.24. The smallest absolute Gasteiger partial charge is 0.217 e. The highest BCUT2D eigenvalue weighted by molar-refractivity contribution is 7.79. The van der Waals surface area contributed by atoms with Crippen molar-refractivity contribution in [1.29, 1.82) is 0 Å². The van der Waals surface area contributed by atoms with Crippen LogP contribution in [0.15, 0.2) is 24.3 Å².